The quantitative estimate of drug-likeness (QED) is 0.926. The number of likely N-dealkylation sites (tertiary alicyclic amines) is 1. The van der Waals surface area contributed by atoms with Gasteiger partial charge in [-0.15, -0.1) is 0 Å². The molecular weight excluding hydrogens is 260 g/mol. The second-order valence-electron chi connectivity index (χ2n) is 6.50. The standard InChI is InChI=1S/C18H26N2O/c1-14(18(21)20-10-6-2-3-7-11-20)19-17-12-15-8-4-5-9-16(15)13-17/h4-5,8-9,14,17,19H,2-3,6-7,10-13H2,1H3. The summed E-state index contributed by atoms with van der Waals surface area (Å²) >= 11 is 0. The fraction of sp³-hybridized carbons (Fsp3) is 0.611. The molecule has 1 fully saturated rings. The number of benzene rings is 1. The van der Waals surface area contributed by atoms with Gasteiger partial charge in [0.15, 0.2) is 0 Å². The second kappa shape index (κ2) is 6.61. The van der Waals surface area contributed by atoms with Crippen LogP contribution in [0.2, 0.25) is 0 Å². The first-order valence-corrected chi connectivity index (χ1v) is 8.35. The molecule has 2 aliphatic rings. The van der Waals surface area contributed by atoms with Gasteiger partial charge in [0.05, 0.1) is 6.04 Å². The predicted molar refractivity (Wildman–Crippen MR) is 85.3 cm³/mol. The third kappa shape index (κ3) is 3.46. The SMILES string of the molecule is CC(NC1Cc2ccccc2C1)C(=O)N1CCCCCC1. The smallest absolute Gasteiger partial charge is 0.239 e. The van der Waals surface area contributed by atoms with Gasteiger partial charge in [-0.1, -0.05) is 37.1 Å². The molecule has 1 aromatic carbocycles. The fourth-order valence-corrected chi connectivity index (χ4v) is 3.67. The number of carbonyl (C=O) groups is 1. The molecule has 3 heteroatoms. The Labute approximate surface area is 127 Å². The molecule has 1 saturated heterocycles. The van der Waals surface area contributed by atoms with Gasteiger partial charge in [-0.25, -0.2) is 0 Å². The molecule has 0 saturated carbocycles. The highest BCUT2D eigenvalue weighted by Gasteiger charge is 2.27. The topological polar surface area (TPSA) is 32.3 Å². The van der Waals surface area contributed by atoms with E-state index in [0.29, 0.717) is 6.04 Å². The van der Waals surface area contributed by atoms with Gasteiger partial charge < -0.3 is 10.2 Å². The summed E-state index contributed by atoms with van der Waals surface area (Å²) < 4.78 is 0. The highest BCUT2D eigenvalue weighted by Crippen LogP contribution is 2.22. The molecule has 1 aliphatic carbocycles. The van der Waals surface area contributed by atoms with Crippen molar-refractivity contribution >= 4 is 5.91 Å². The summed E-state index contributed by atoms with van der Waals surface area (Å²) in [6, 6.07) is 8.96. The molecule has 1 aliphatic heterocycles. The van der Waals surface area contributed by atoms with E-state index in [1.807, 2.05) is 6.92 Å². The molecule has 3 nitrogen and oxygen atoms in total. The van der Waals surface area contributed by atoms with E-state index in [0.717, 1.165) is 38.8 Å². The first-order chi connectivity index (χ1) is 10.2. The fourth-order valence-electron chi connectivity index (χ4n) is 3.67. The van der Waals surface area contributed by atoms with E-state index in [4.69, 9.17) is 0 Å². The minimum absolute atomic E-state index is 0.0672. The molecule has 3 rings (SSSR count). The molecule has 1 atom stereocenters. The summed E-state index contributed by atoms with van der Waals surface area (Å²) in [6.07, 6.45) is 6.95. The molecule has 1 amide bonds. The van der Waals surface area contributed by atoms with Crippen LogP contribution in [0.15, 0.2) is 24.3 Å². The molecule has 0 bridgehead atoms. The monoisotopic (exact) mass is 286 g/mol. The molecule has 0 radical (unpaired) electrons. The lowest BCUT2D eigenvalue weighted by atomic mass is 10.1. The minimum Gasteiger partial charge on any atom is -0.341 e. The Morgan fingerprint density at radius 1 is 1.10 bits per heavy atom. The van der Waals surface area contributed by atoms with Crippen molar-refractivity contribution in [2.45, 2.75) is 57.5 Å². The van der Waals surface area contributed by atoms with Crippen molar-refractivity contribution in [2.75, 3.05) is 13.1 Å². The van der Waals surface area contributed by atoms with Gasteiger partial charge in [-0.2, -0.15) is 0 Å². The van der Waals surface area contributed by atoms with Gasteiger partial charge in [0.2, 0.25) is 5.91 Å². The summed E-state index contributed by atoms with van der Waals surface area (Å²) in [5, 5.41) is 3.55. The third-order valence-electron chi connectivity index (χ3n) is 4.82. The lowest BCUT2D eigenvalue weighted by Gasteiger charge is -2.26. The summed E-state index contributed by atoms with van der Waals surface area (Å²) in [4.78, 5) is 14.6. The molecular formula is C18H26N2O. The van der Waals surface area contributed by atoms with Gasteiger partial charge in [-0.05, 0) is 43.7 Å². The van der Waals surface area contributed by atoms with E-state index in [2.05, 4.69) is 34.5 Å². The van der Waals surface area contributed by atoms with Crippen molar-refractivity contribution in [1.29, 1.82) is 0 Å². The van der Waals surface area contributed by atoms with Crippen LogP contribution >= 0.6 is 0 Å². The number of fused-ring (bicyclic) bond motifs is 1. The van der Waals surface area contributed by atoms with E-state index in [9.17, 15) is 4.79 Å². The number of hydrogen-bond acceptors (Lipinski definition) is 2. The zero-order valence-electron chi connectivity index (χ0n) is 13.0. The normalized spacial score (nSPS) is 20.9. The van der Waals surface area contributed by atoms with Gasteiger partial charge in [-0.3, -0.25) is 4.79 Å². The van der Waals surface area contributed by atoms with Crippen LogP contribution in [-0.2, 0) is 17.6 Å². The van der Waals surface area contributed by atoms with Crippen LogP contribution in [0.1, 0.15) is 43.7 Å². The van der Waals surface area contributed by atoms with Crippen LogP contribution in [0.25, 0.3) is 0 Å². The Hall–Kier alpha value is -1.35. The van der Waals surface area contributed by atoms with Crippen LogP contribution in [0.5, 0.6) is 0 Å². The lowest BCUT2D eigenvalue weighted by molar-refractivity contribution is -0.133. The summed E-state index contributed by atoms with van der Waals surface area (Å²) in [5.74, 6) is 0.285. The molecule has 0 spiro atoms. The van der Waals surface area contributed by atoms with Gasteiger partial charge >= 0.3 is 0 Å². The number of nitrogens with one attached hydrogen (secondary N) is 1. The molecule has 1 heterocycles. The number of rotatable bonds is 3. The van der Waals surface area contributed by atoms with Crippen molar-refractivity contribution in [3.8, 4) is 0 Å². The largest absolute Gasteiger partial charge is 0.341 e. The molecule has 0 aromatic heterocycles. The number of amides is 1. The Kier molecular flexibility index (Phi) is 4.59. The Bertz CT molecular complexity index is 467. The Morgan fingerprint density at radius 3 is 2.24 bits per heavy atom. The highest BCUT2D eigenvalue weighted by molar-refractivity contribution is 5.81. The molecule has 21 heavy (non-hydrogen) atoms. The van der Waals surface area contributed by atoms with Crippen molar-refractivity contribution < 1.29 is 4.79 Å². The van der Waals surface area contributed by atoms with E-state index < -0.39 is 0 Å². The predicted octanol–water partition coefficient (Wildman–Crippen LogP) is 2.53. The first kappa shape index (κ1) is 14.6. The van der Waals surface area contributed by atoms with Crippen LogP contribution in [0.4, 0.5) is 0 Å². The number of carbonyl (C=O) groups excluding carboxylic acids is 1. The van der Waals surface area contributed by atoms with Crippen molar-refractivity contribution in [1.82, 2.24) is 10.2 Å². The van der Waals surface area contributed by atoms with E-state index >= 15 is 0 Å². The Morgan fingerprint density at radius 2 is 1.67 bits per heavy atom. The molecule has 1 aromatic rings. The van der Waals surface area contributed by atoms with Crippen molar-refractivity contribution in [3.05, 3.63) is 35.4 Å². The average molecular weight is 286 g/mol. The molecule has 1 unspecified atom stereocenters. The van der Waals surface area contributed by atoms with Gasteiger partial charge in [0, 0.05) is 19.1 Å². The van der Waals surface area contributed by atoms with Crippen LogP contribution < -0.4 is 5.32 Å². The van der Waals surface area contributed by atoms with Crippen molar-refractivity contribution in [3.63, 3.8) is 0 Å². The molecule has 1 N–H and O–H groups in total. The van der Waals surface area contributed by atoms with Crippen molar-refractivity contribution in [2.24, 2.45) is 0 Å². The number of nitrogens with zero attached hydrogens (tertiary/aromatic N) is 1. The van der Waals surface area contributed by atoms with Crippen LogP contribution in [0, 0.1) is 0 Å². The van der Waals surface area contributed by atoms with Crippen LogP contribution in [-0.4, -0.2) is 36.0 Å². The summed E-state index contributed by atoms with van der Waals surface area (Å²) in [5.41, 5.74) is 2.87. The zero-order valence-corrected chi connectivity index (χ0v) is 13.0. The highest BCUT2D eigenvalue weighted by atomic mass is 16.2. The van der Waals surface area contributed by atoms with Gasteiger partial charge in [0.25, 0.3) is 0 Å². The Balaban J connectivity index is 1.54. The average Bonchev–Trinajstić information content (AvgIpc) is 2.71. The van der Waals surface area contributed by atoms with Gasteiger partial charge in [0.1, 0.15) is 0 Å². The lowest BCUT2D eigenvalue weighted by Crippen LogP contribution is -2.48. The first-order valence-electron chi connectivity index (χ1n) is 8.35. The zero-order chi connectivity index (χ0) is 14.7. The molecule has 114 valence electrons. The maximum absolute atomic E-state index is 12.6. The third-order valence-corrected chi connectivity index (χ3v) is 4.82. The summed E-state index contributed by atoms with van der Waals surface area (Å²) in [6.45, 7) is 3.90. The van der Waals surface area contributed by atoms with Crippen LogP contribution in [0.3, 0.4) is 0 Å². The van der Waals surface area contributed by atoms with E-state index in [-0.39, 0.29) is 11.9 Å². The van der Waals surface area contributed by atoms with E-state index in [1.54, 1.807) is 0 Å². The summed E-state index contributed by atoms with van der Waals surface area (Å²) in [7, 11) is 0. The number of hydrogen-bond donors (Lipinski definition) is 1. The minimum atomic E-state index is -0.0672. The maximum atomic E-state index is 12.6. The maximum Gasteiger partial charge on any atom is 0.239 e. The second-order valence-corrected chi connectivity index (χ2v) is 6.50. The van der Waals surface area contributed by atoms with E-state index in [1.165, 1.54) is 24.0 Å².